The number of rotatable bonds is 6. The minimum Gasteiger partial charge on any atom is -0.305 e. The maximum absolute atomic E-state index is 12.5. The van der Waals surface area contributed by atoms with Crippen LogP contribution in [-0.4, -0.2) is 28.7 Å². The Bertz CT molecular complexity index is 349. The van der Waals surface area contributed by atoms with Gasteiger partial charge in [-0.15, -0.1) is 0 Å². The Kier molecular flexibility index (Phi) is 4.50. The van der Waals surface area contributed by atoms with E-state index in [0.717, 1.165) is 0 Å². The predicted molar refractivity (Wildman–Crippen MR) is 55.3 cm³/mol. The molecule has 0 aromatic carbocycles. The second kappa shape index (κ2) is 5.48. The van der Waals surface area contributed by atoms with Gasteiger partial charge in [-0.05, 0) is 19.9 Å². The van der Waals surface area contributed by atoms with Crippen LogP contribution in [0.1, 0.15) is 25.6 Å². The summed E-state index contributed by atoms with van der Waals surface area (Å²) in [5, 5.41) is 6.37. The van der Waals surface area contributed by atoms with Gasteiger partial charge < -0.3 is 5.32 Å². The fourth-order valence-corrected chi connectivity index (χ4v) is 1.19. The van der Waals surface area contributed by atoms with Crippen molar-refractivity contribution in [3.63, 3.8) is 0 Å². The van der Waals surface area contributed by atoms with Gasteiger partial charge in [0.1, 0.15) is 0 Å². The highest BCUT2D eigenvalue weighted by Gasteiger charge is 2.39. The average molecular weight is 253 g/mol. The van der Waals surface area contributed by atoms with E-state index in [2.05, 4.69) is 10.4 Å². The van der Waals surface area contributed by atoms with Gasteiger partial charge >= 0.3 is 12.3 Å². The third kappa shape index (κ3) is 3.99. The van der Waals surface area contributed by atoms with Gasteiger partial charge in [-0.3, -0.25) is 4.68 Å². The first kappa shape index (κ1) is 14.0. The number of aromatic nitrogens is 2. The topological polar surface area (TPSA) is 29.9 Å². The molecule has 0 aliphatic carbocycles. The van der Waals surface area contributed by atoms with Crippen molar-refractivity contribution in [1.82, 2.24) is 15.1 Å². The van der Waals surface area contributed by atoms with E-state index in [1.807, 2.05) is 13.8 Å². The van der Waals surface area contributed by atoms with Crippen LogP contribution in [0.2, 0.25) is 0 Å². The molecule has 3 nitrogen and oxygen atoms in total. The summed E-state index contributed by atoms with van der Waals surface area (Å²) in [5.41, 5.74) is 0.545. The first-order valence-corrected chi connectivity index (χ1v) is 5.23. The molecule has 1 aromatic heterocycles. The van der Waals surface area contributed by atoms with Crippen molar-refractivity contribution < 1.29 is 17.6 Å². The molecule has 0 amide bonds. The highest BCUT2D eigenvalue weighted by molar-refractivity contribution is 4.99. The number of halogens is 4. The summed E-state index contributed by atoms with van der Waals surface area (Å²) < 4.78 is 50.4. The van der Waals surface area contributed by atoms with Gasteiger partial charge in [-0.1, -0.05) is 0 Å². The molecule has 98 valence electrons. The summed E-state index contributed by atoms with van der Waals surface area (Å²) >= 11 is 0. The monoisotopic (exact) mass is 253 g/mol. The smallest absolute Gasteiger partial charge is 0.305 e. The minimum absolute atomic E-state index is 0.0437. The van der Waals surface area contributed by atoms with Crippen LogP contribution >= 0.6 is 0 Å². The number of nitrogens with one attached hydrogen (secondary N) is 1. The number of hydrogen-bond acceptors (Lipinski definition) is 2. The Morgan fingerprint density at radius 3 is 2.53 bits per heavy atom. The van der Waals surface area contributed by atoms with Crippen LogP contribution in [0.5, 0.6) is 0 Å². The van der Waals surface area contributed by atoms with Gasteiger partial charge in [0.25, 0.3) is 0 Å². The lowest BCUT2D eigenvalue weighted by molar-refractivity contribution is -0.125. The second-order valence-corrected chi connectivity index (χ2v) is 4.05. The van der Waals surface area contributed by atoms with Gasteiger partial charge in [0, 0.05) is 18.8 Å². The van der Waals surface area contributed by atoms with Crippen LogP contribution in [0.25, 0.3) is 0 Å². The summed E-state index contributed by atoms with van der Waals surface area (Å²) in [7, 11) is 0. The molecule has 0 atom stereocenters. The van der Waals surface area contributed by atoms with Crippen molar-refractivity contribution in [2.45, 2.75) is 38.8 Å². The van der Waals surface area contributed by atoms with E-state index in [9.17, 15) is 17.6 Å². The third-order valence-electron chi connectivity index (χ3n) is 2.18. The first-order valence-electron chi connectivity index (χ1n) is 5.23. The lowest BCUT2D eigenvalue weighted by Crippen LogP contribution is -2.38. The van der Waals surface area contributed by atoms with Crippen molar-refractivity contribution in [3.05, 3.63) is 18.0 Å². The van der Waals surface area contributed by atoms with E-state index < -0.39 is 18.9 Å². The quantitative estimate of drug-likeness (QED) is 0.789. The molecule has 0 saturated carbocycles. The molecule has 0 saturated heterocycles. The molecule has 1 N–H and O–H groups in total. The van der Waals surface area contributed by atoms with E-state index >= 15 is 0 Å². The third-order valence-corrected chi connectivity index (χ3v) is 2.18. The first-order chi connectivity index (χ1) is 7.83. The molecular weight excluding hydrogens is 238 g/mol. The molecule has 0 aliphatic heterocycles. The predicted octanol–water partition coefficient (Wildman–Crippen LogP) is 2.45. The zero-order chi connectivity index (χ0) is 13.1. The van der Waals surface area contributed by atoms with Gasteiger partial charge in [-0.2, -0.15) is 13.9 Å². The molecule has 1 aromatic rings. The van der Waals surface area contributed by atoms with Crippen molar-refractivity contribution in [3.8, 4) is 0 Å². The molecular formula is C10H15F4N3. The fourth-order valence-electron chi connectivity index (χ4n) is 1.19. The normalized spacial score (nSPS) is 12.7. The van der Waals surface area contributed by atoms with Gasteiger partial charge in [0.05, 0.1) is 12.2 Å². The van der Waals surface area contributed by atoms with Crippen LogP contribution in [0.15, 0.2) is 12.3 Å². The molecule has 1 heterocycles. The highest BCUT2D eigenvalue weighted by atomic mass is 19.3. The summed E-state index contributed by atoms with van der Waals surface area (Å²) in [6, 6.07) is 1.83. The molecule has 0 unspecified atom stereocenters. The van der Waals surface area contributed by atoms with E-state index in [0.29, 0.717) is 5.69 Å². The average Bonchev–Trinajstić information content (AvgIpc) is 2.66. The minimum atomic E-state index is -4.00. The van der Waals surface area contributed by atoms with Gasteiger partial charge in [0.2, 0.25) is 0 Å². The molecule has 7 heteroatoms. The van der Waals surface area contributed by atoms with Gasteiger partial charge in [0.15, 0.2) is 0 Å². The lowest BCUT2D eigenvalue weighted by Gasteiger charge is -2.15. The Labute approximate surface area is 96.8 Å². The maximum Gasteiger partial charge on any atom is 0.319 e. The van der Waals surface area contributed by atoms with Crippen molar-refractivity contribution >= 4 is 0 Å². The number of nitrogens with zero attached hydrogens (tertiary/aromatic N) is 2. The van der Waals surface area contributed by atoms with Crippen molar-refractivity contribution in [1.29, 1.82) is 0 Å². The van der Waals surface area contributed by atoms with Gasteiger partial charge in [-0.25, -0.2) is 8.78 Å². The Morgan fingerprint density at radius 2 is 2.06 bits per heavy atom. The molecule has 0 fully saturated rings. The zero-order valence-corrected chi connectivity index (χ0v) is 9.63. The molecule has 17 heavy (non-hydrogen) atoms. The van der Waals surface area contributed by atoms with E-state index in [1.54, 1.807) is 16.9 Å². The molecule has 1 rings (SSSR count). The summed E-state index contributed by atoms with van der Waals surface area (Å²) in [4.78, 5) is 0. The van der Waals surface area contributed by atoms with Crippen LogP contribution in [0.3, 0.4) is 0 Å². The Morgan fingerprint density at radius 1 is 1.41 bits per heavy atom. The van der Waals surface area contributed by atoms with Crippen LogP contribution in [0, 0.1) is 0 Å². The Balaban J connectivity index is 2.41. The number of hydrogen-bond donors (Lipinski definition) is 1. The zero-order valence-electron chi connectivity index (χ0n) is 9.63. The summed E-state index contributed by atoms with van der Waals surface area (Å²) in [6.45, 7) is 2.84. The molecule has 0 radical (unpaired) electrons. The lowest BCUT2D eigenvalue weighted by atomic mass is 10.3. The Hall–Kier alpha value is -1.11. The molecule has 0 bridgehead atoms. The molecule has 0 aliphatic rings. The SMILES string of the molecule is CC(C)n1ccc(CNCC(F)(F)C(F)F)n1. The van der Waals surface area contributed by atoms with Crippen molar-refractivity contribution in [2.75, 3.05) is 6.54 Å². The fraction of sp³-hybridized carbons (Fsp3) is 0.700. The second-order valence-electron chi connectivity index (χ2n) is 4.05. The number of alkyl halides is 4. The van der Waals surface area contributed by atoms with Crippen LogP contribution < -0.4 is 5.32 Å². The maximum atomic E-state index is 12.5. The largest absolute Gasteiger partial charge is 0.319 e. The van der Waals surface area contributed by atoms with E-state index in [-0.39, 0.29) is 12.6 Å². The summed E-state index contributed by atoms with van der Waals surface area (Å²) in [6.07, 6.45) is -1.93. The standard InChI is InChI=1S/C10H15F4N3/c1-7(2)17-4-3-8(16-17)5-15-6-10(13,14)9(11)12/h3-4,7,9,15H,5-6H2,1-2H3. The summed E-state index contributed by atoms with van der Waals surface area (Å²) in [5.74, 6) is -4.00. The van der Waals surface area contributed by atoms with E-state index in [1.165, 1.54) is 0 Å². The van der Waals surface area contributed by atoms with Crippen LogP contribution in [-0.2, 0) is 6.54 Å². The van der Waals surface area contributed by atoms with Crippen LogP contribution in [0.4, 0.5) is 17.6 Å². The molecule has 0 spiro atoms. The highest BCUT2D eigenvalue weighted by Crippen LogP contribution is 2.21. The van der Waals surface area contributed by atoms with Crippen molar-refractivity contribution in [2.24, 2.45) is 0 Å². The van der Waals surface area contributed by atoms with E-state index in [4.69, 9.17) is 0 Å².